The van der Waals surface area contributed by atoms with Gasteiger partial charge in [0.15, 0.2) is 0 Å². The molecule has 14 heavy (non-hydrogen) atoms. The normalized spacial score (nSPS) is 12.2. The van der Waals surface area contributed by atoms with Crippen LogP contribution in [-0.2, 0) is 16.0 Å². The van der Waals surface area contributed by atoms with Gasteiger partial charge in [-0.05, 0) is 17.3 Å². The van der Waals surface area contributed by atoms with Gasteiger partial charge in [-0.2, -0.15) is 0 Å². The third kappa shape index (κ3) is 3.12. The lowest BCUT2D eigenvalue weighted by Gasteiger charge is -2.09. The standard InChI is InChI=1S/C11H15O2P/c1-8(11(12)13-2)6-9-4-3-5-10(14)7-9/h3-5,7-8H,6,14H2,1-2H3. The van der Waals surface area contributed by atoms with Crippen LogP contribution in [-0.4, -0.2) is 13.1 Å². The van der Waals surface area contributed by atoms with Gasteiger partial charge in [-0.1, -0.05) is 31.2 Å². The predicted octanol–water partition coefficient (Wildman–Crippen LogP) is 1.54. The lowest BCUT2D eigenvalue weighted by atomic mass is 10.0. The number of esters is 1. The number of methoxy groups -OCH3 is 1. The van der Waals surface area contributed by atoms with Crippen LogP contribution in [0.4, 0.5) is 0 Å². The number of hydrogen-bond acceptors (Lipinski definition) is 2. The zero-order chi connectivity index (χ0) is 10.6. The molecule has 1 aromatic rings. The summed E-state index contributed by atoms with van der Waals surface area (Å²) in [6, 6.07) is 8.08. The maximum Gasteiger partial charge on any atom is 0.308 e. The van der Waals surface area contributed by atoms with Crippen LogP contribution < -0.4 is 5.30 Å². The van der Waals surface area contributed by atoms with E-state index in [0.29, 0.717) is 0 Å². The second-order valence-corrected chi connectivity index (χ2v) is 4.04. The molecule has 0 aliphatic rings. The molecule has 0 spiro atoms. The fourth-order valence-corrected chi connectivity index (χ4v) is 1.68. The van der Waals surface area contributed by atoms with Gasteiger partial charge in [0.2, 0.25) is 0 Å². The van der Waals surface area contributed by atoms with Gasteiger partial charge in [0.25, 0.3) is 0 Å². The summed E-state index contributed by atoms with van der Waals surface area (Å²) >= 11 is 0. The van der Waals surface area contributed by atoms with Gasteiger partial charge in [-0.3, -0.25) is 4.79 Å². The van der Waals surface area contributed by atoms with E-state index in [1.54, 1.807) is 0 Å². The summed E-state index contributed by atoms with van der Waals surface area (Å²) in [7, 11) is 4.07. The SMILES string of the molecule is COC(=O)C(C)Cc1cccc(P)c1. The van der Waals surface area contributed by atoms with E-state index in [2.05, 4.69) is 20.0 Å². The van der Waals surface area contributed by atoms with Gasteiger partial charge in [-0.25, -0.2) is 0 Å². The summed E-state index contributed by atoms with van der Waals surface area (Å²) in [5.74, 6) is -0.231. The van der Waals surface area contributed by atoms with E-state index in [4.69, 9.17) is 0 Å². The Morgan fingerprint density at radius 3 is 2.86 bits per heavy atom. The average molecular weight is 210 g/mol. The highest BCUT2D eigenvalue weighted by molar-refractivity contribution is 7.27. The maximum absolute atomic E-state index is 11.2. The number of carbonyl (C=O) groups excluding carboxylic acids is 1. The van der Waals surface area contributed by atoms with Crippen molar-refractivity contribution in [2.75, 3.05) is 7.11 Å². The molecule has 0 heterocycles. The van der Waals surface area contributed by atoms with E-state index in [9.17, 15) is 4.79 Å². The first-order valence-corrected chi connectivity index (χ1v) is 5.13. The smallest absolute Gasteiger partial charge is 0.308 e. The highest BCUT2D eigenvalue weighted by atomic mass is 31.0. The van der Waals surface area contributed by atoms with E-state index in [1.807, 2.05) is 25.1 Å². The zero-order valence-electron chi connectivity index (χ0n) is 8.49. The maximum atomic E-state index is 11.2. The van der Waals surface area contributed by atoms with Crippen LogP contribution in [0.25, 0.3) is 0 Å². The minimum Gasteiger partial charge on any atom is -0.469 e. The molecule has 0 bridgehead atoms. The number of ether oxygens (including phenoxy) is 1. The Morgan fingerprint density at radius 2 is 2.29 bits per heavy atom. The average Bonchev–Trinajstić information content (AvgIpc) is 2.16. The molecule has 0 saturated heterocycles. The van der Waals surface area contributed by atoms with Crippen molar-refractivity contribution in [2.24, 2.45) is 5.92 Å². The number of benzene rings is 1. The quantitative estimate of drug-likeness (QED) is 0.558. The molecule has 0 saturated carbocycles. The molecule has 1 aromatic carbocycles. The Bertz CT molecular complexity index is 323. The van der Waals surface area contributed by atoms with Crippen LogP contribution >= 0.6 is 9.24 Å². The molecule has 3 heteroatoms. The van der Waals surface area contributed by atoms with E-state index in [0.717, 1.165) is 17.3 Å². The van der Waals surface area contributed by atoms with Crippen LogP contribution in [0, 0.1) is 5.92 Å². The molecule has 0 fully saturated rings. The van der Waals surface area contributed by atoms with E-state index >= 15 is 0 Å². The third-order valence-corrected chi connectivity index (χ3v) is 2.46. The summed E-state index contributed by atoms with van der Waals surface area (Å²) < 4.78 is 4.67. The van der Waals surface area contributed by atoms with Crippen LogP contribution in [0.3, 0.4) is 0 Å². The minimum atomic E-state index is -0.154. The zero-order valence-corrected chi connectivity index (χ0v) is 9.64. The number of carbonyl (C=O) groups is 1. The number of rotatable bonds is 3. The lowest BCUT2D eigenvalue weighted by Crippen LogP contribution is -2.15. The van der Waals surface area contributed by atoms with Crippen molar-refractivity contribution in [3.8, 4) is 0 Å². The molecule has 0 aromatic heterocycles. The van der Waals surface area contributed by atoms with Crippen molar-refractivity contribution in [3.05, 3.63) is 29.8 Å². The minimum absolute atomic E-state index is 0.0770. The molecule has 0 amide bonds. The molecule has 2 nitrogen and oxygen atoms in total. The summed E-state index contributed by atoms with van der Waals surface area (Å²) in [4.78, 5) is 11.2. The first kappa shape index (κ1) is 11.2. The molecular formula is C11H15O2P. The fraction of sp³-hybridized carbons (Fsp3) is 0.364. The second-order valence-electron chi connectivity index (χ2n) is 3.37. The number of hydrogen-bond donors (Lipinski definition) is 0. The van der Waals surface area contributed by atoms with Crippen molar-refractivity contribution in [2.45, 2.75) is 13.3 Å². The summed E-state index contributed by atoms with van der Waals surface area (Å²) in [5.41, 5.74) is 1.16. The van der Waals surface area contributed by atoms with Crippen molar-refractivity contribution in [3.63, 3.8) is 0 Å². The topological polar surface area (TPSA) is 26.3 Å². The fourth-order valence-electron chi connectivity index (χ4n) is 1.36. The highest BCUT2D eigenvalue weighted by Crippen LogP contribution is 2.09. The van der Waals surface area contributed by atoms with E-state index < -0.39 is 0 Å². The largest absolute Gasteiger partial charge is 0.469 e. The first-order valence-electron chi connectivity index (χ1n) is 4.55. The van der Waals surface area contributed by atoms with E-state index in [1.165, 1.54) is 7.11 Å². The molecule has 2 atom stereocenters. The van der Waals surface area contributed by atoms with Gasteiger partial charge < -0.3 is 4.74 Å². The Hall–Kier alpha value is -0.880. The summed E-state index contributed by atoms with van der Waals surface area (Å²) in [6.45, 7) is 1.88. The lowest BCUT2D eigenvalue weighted by molar-refractivity contribution is -0.144. The van der Waals surface area contributed by atoms with Gasteiger partial charge >= 0.3 is 5.97 Å². The Kier molecular flexibility index (Phi) is 4.09. The van der Waals surface area contributed by atoms with Crippen molar-refractivity contribution >= 4 is 20.5 Å². The molecular weight excluding hydrogens is 195 g/mol. The van der Waals surface area contributed by atoms with Crippen LogP contribution in [0.1, 0.15) is 12.5 Å². The Morgan fingerprint density at radius 1 is 1.57 bits per heavy atom. The van der Waals surface area contributed by atoms with Crippen LogP contribution in [0.2, 0.25) is 0 Å². The molecule has 0 aliphatic heterocycles. The molecule has 0 aliphatic carbocycles. The van der Waals surface area contributed by atoms with Crippen molar-refractivity contribution in [1.29, 1.82) is 0 Å². The van der Waals surface area contributed by atoms with Gasteiger partial charge in [0, 0.05) is 0 Å². The van der Waals surface area contributed by atoms with Gasteiger partial charge in [-0.15, -0.1) is 9.24 Å². The highest BCUT2D eigenvalue weighted by Gasteiger charge is 2.13. The Balaban J connectivity index is 2.64. The molecule has 1 rings (SSSR count). The molecule has 76 valence electrons. The first-order chi connectivity index (χ1) is 6.63. The van der Waals surface area contributed by atoms with Gasteiger partial charge in [0.05, 0.1) is 13.0 Å². The monoisotopic (exact) mass is 210 g/mol. The summed E-state index contributed by atoms with van der Waals surface area (Å²) in [6.07, 6.45) is 0.731. The molecule has 0 radical (unpaired) electrons. The van der Waals surface area contributed by atoms with Crippen LogP contribution in [0.15, 0.2) is 24.3 Å². The van der Waals surface area contributed by atoms with Crippen molar-refractivity contribution < 1.29 is 9.53 Å². The molecule has 2 unspecified atom stereocenters. The molecule has 0 N–H and O–H groups in total. The van der Waals surface area contributed by atoms with E-state index in [-0.39, 0.29) is 11.9 Å². The predicted molar refractivity (Wildman–Crippen MR) is 60.7 cm³/mol. The van der Waals surface area contributed by atoms with Crippen LogP contribution in [0.5, 0.6) is 0 Å². The second kappa shape index (κ2) is 5.11. The summed E-state index contributed by atoms with van der Waals surface area (Å²) in [5, 5.41) is 1.14. The Labute approximate surface area is 86.9 Å². The van der Waals surface area contributed by atoms with Crippen molar-refractivity contribution in [1.82, 2.24) is 0 Å². The third-order valence-electron chi connectivity index (χ3n) is 2.10. The van der Waals surface area contributed by atoms with Gasteiger partial charge in [0.1, 0.15) is 0 Å².